The fraction of sp³-hybridized carbons (Fsp3) is 0.348. The van der Waals surface area contributed by atoms with E-state index in [-0.39, 0.29) is 17.4 Å². The zero-order valence-electron chi connectivity index (χ0n) is 16.3. The molecule has 3 rings (SSSR count). The van der Waals surface area contributed by atoms with E-state index in [9.17, 15) is 18.0 Å². The topological polar surface area (TPSA) is 38.3 Å². The molecule has 3 nitrogen and oxygen atoms in total. The van der Waals surface area contributed by atoms with E-state index in [1.807, 2.05) is 24.3 Å². The number of rotatable bonds is 6. The van der Waals surface area contributed by atoms with Gasteiger partial charge in [-0.15, -0.1) is 0 Å². The summed E-state index contributed by atoms with van der Waals surface area (Å²) < 4.78 is 43.5. The van der Waals surface area contributed by atoms with Crippen molar-refractivity contribution in [3.05, 3.63) is 71.3 Å². The number of alkyl halides is 3. The molecule has 0 atom stereocenters. The Morgan fingerprint density at radius 1 is 0.966 bits per heavy atom. The van der Waals surface area contributed by atoms with E-state index < -0.39 is 11.7 Å². The molecule has 0 aromatic heterocycles. The lowest BCUT2D eigenvalue weighted by Crippen LogP contribution is -2.30. The van der Waals surface area contributed by atoms with Gasteiger partial charge in [0.25, 0.3) is 0 Å². The fourth-order valence-corrected chi connectivity index (χ4v) is 3.48. The normalized spacial score (nSPS) is 15.8. The van der Waals surface area contributed by atoms with Crippen LogP contribution in [0.1, 0.15) is 53.6 Å². The first-order valence-electron chi connectivity index (χ1n) is 9.71. The van der Waals surface area contributed by atoms with Crippen LogP contribution >= 0.6 is 0 Å². The molecule has 0 unspecified atom stereocenters. The van der Waals surface area contributed by atoms with Crippen molar-refractivity contribution >= 4 is 11.5 Å². The molecule has 0 bridgehead atoms. The summed E-state index contributed by atoms with van der Waals surface area (Å²) in [5.41, 5.74) is 0.948. The largest absolute Gasteiger partial charge is 0.497 e. The molecule has 1 saturated carbocycles. The maximum absolute atomic E-state index is 12.8. The first-order chi connectivity index (χ1) is 13.9. The third-order valence-electron chi connectivity index (χ3n) is 5.14. The van der Waals surface area contributed by atoms with Gasteiger partial charge in [0.1, 0.15) is 5.75 Å². The van der Waals surface area contributed by atoms with E-state index in [0.29, 0.717) is 11.4 Å². The minimum Gasteiger partial charge on any atom is -0.497 e. The molecule has 2 aromatic rings. The summed E-state index contributed by atoms with van der Waals surface area (Å²) in [5.74, 6) is 0.368. The van der Waals surface area contributed by atoms with Gasteiger partial charge in [-0.2, -0.15) is 13.2 Å². The van der Waals surface area contributed by atoms with Crippen molar-refractivity contribution in [1.29, 1.82) is 0 Å². The van der Waals surface area contributed by atoms with E-state index in [1.54, 1.807) is 7.11 Å². The molecule has 0 saturated heterocycles. The number of methoxy groups -OCH3 is 1. The van der Waals surface area contributed by atoms with Gasteiger partial charge in [0.2, 0.25) is 0 Å². The number of halogens is 3. The number of carbonyl (C=O) groups is 1. The number of ketones is 1. The van der Waals surface area contributed by atoms with Gasteiger partial charge in [-0.25, -0.2) is 0 Å². The molecule has 29 heavy (non-hydrogen) atoms. The number of allylic oxidation sites excluding steroid dienone is 1. The van der Waals surface area contributed by atoms with Crippen molar-refractivity contribution in [1.82, 2.24) is 5.32 Å². The van der Waals surface area contributed by atoms with Crippen LogP contribution in [0.4, 0.5) is 13.2 Å². The van der Waals surface area contributed by atoms with Gasteiger partial charge in [-0.1, -0.05) is 31.4 Å². The standard InChI is InChI=1S/C23H24F3NO2/c1-29-20-13-9-16(10-14-20)21(27-19-5-3-2-4-6-19)15-22(28)17-7-11-18(12-8-17)23(24,25)26/h7-15,19,27H,2-6H2,1H3/b21-15-. The fourth-order valence-electron chi connectivity index (χ4n) is 3.48. The molecule has 1 aliphatic rings. The number of hydrogen-bond donors (Lipinski definition) is 1. The highest BCUT2D eigenvalue weighted by atomic mass is 19.4. The van der Waals surface area contributed by atoms with E-state index in [1.165, 1.54) is 24.6 Å². The number of benzene rings is 2. The molecule has 1 fully saturated rings. The van der Waals surface area contributed by atoms with Crippen molar-refractivity contribution in [3.8, 4) is 5.75 Å². The van der Waals surface area contributed by atoms with Gasteiger partial charge < -0.3 is 10.1 Å². The second-order valence-electron chi connectivity index (χ2n) is 7.21. The predicted molar refractivity (Wildman–Crippen MR) is 107 cm³/mol. The van der Waals surface area contributed by atoms with Crippen LogP contribution in [-0.4, -0.2) is 18.9 Å². The summed E-state index contributed by atoms with van der Waals surface area (Å²) in [4.78, 5) is 12.7. The van der Waals surface area contributed by atoms with E-state index >= 15 is 0 Å². The maximum atomic E-state index is 12.8. The van der Waals surface area contributed by atoms with Gasteiger partial charge >= 0.3 is 6.18 Å². The molecule has 2 aromatic carbocycles. The van der Waals surface area contributed by atoms with Crippen molar-refractivity contribution in [2.24, 2.45) is 0 Å². The molecule has 6 heteroatoms. The number of hydrogen-bond acceptors (Lipinski definition) is 3. The van der Waals surface area contributed by atoms with Gasteiger partial charge in [0.05, 0.1) is 12.7 Å². The third-order valence-corrected chi connectivity index (χ3v) is 5.14. The Morgan fingerprint density at radius 2 is 1.55 bits per heavy atom. The lowest BCUT2D eigenvalue weighted by molar-refractivity contribution is -0.137. The average molecular weight is 403 g/mol. The molecule has 0 amide bonds. The molecular formula is C23H24F3NO2. The molecule has 0 spiro atoms. The molecular weight excluding hydrogens is 379 g/mol. The summed E-state index contributed by atoms with van der Waals surface area (Å²) >= 11 is 0. The Labute approximate surface area is 168 Å². The third kappa shape index (κ3) is 5.62. The van der Waals surface area contributed by atoms with Crippen LogP contribution in [0, 0.1) is 0 Å². The lowest BCUT2D eigenvalue weighted by atomic mass is 9.94. The van der Waals surface area contributed by atoms with Crippen LogP contribution in [0.15, 0.2) is 54.6 Å². The number of carbonyl (C=O) groups excluding carboxylic acids is 1. The Morgan fingerprint density at radius 3 is 2.10 bits per heavy atom. The van der Waals surface area contributed by atoms with Gasteiger partial charge in [-0.3, -0.25) is 4.79 Å². The van der Waals surface area contributed by atoms with Crippen LogP contribution in [0.25, 0.3) is 5.70 Å². The van der Waals surface area contributed by atoms with E-state index in [0.717, 1.165) is 43.4 Å². The first-order valence-corrected chi connectivity index (χ1v) is 9.71. The highest BCUT2D eigenvalue weighted by Crippen LogP contribution is 2.29. The molecule has 1 N–H and O–H groups in total. The van der Waals surface area contributed by atoms with Gasteiger partial charge in [-0.05, 0) is 54.8 Å². The molecule has 154 valence electrons. The minimum atomic E-state index is -4.42. The van der Waals surface area contributed by atoms with Crippen molar-refractivity contribution in [2.75, 3.05) is 7.11 Å². The SMILES string of the molecule is COc1ccc(/C(=C/C(=O)c2ccc(C(F)(F)F)cc2)NC2CCCCC2)cc1. The van der Waals surface area contributed by atoms with Crippen LogP contribution < -0.4 is 10.1 Å². The summed E-state index contributed by atoms with van der Waals surface area (Å²) in [6.07, 6.45) is 2.60. The highest BCUT2D eigenvalue weighted by molar-refractivity contribution is 6.08. The van der Waals surface area contributed by atoms with Gasteiger partial charge in [0.15, 0.2) is 5.78 Å². The minimum absolute atomic E-state index is 0.217. The van der Waals surface area contributed by atoms with Crippen molar-refractivity contribution in [3.63, 3.8) is 0 Å². The smallest absolute Gasteiger partial charge is 0.416 e. The second-order valence-corrected chi connectivity index (χ2v) is 7.21. The number of ether oxygens (including phenoxy) is 1. The van der Waals surface area contributed by atoms with Crippen molar-refractivity contribution in [2.45, 2.75) is 44.3 Å². The average Bonchev–Trinajstić information content (AvgIpc) is 2.73. The van der Waals surface area contributed by atoms with Crippen LogP contribution in [-0.2, 0) is 6.18 Å². The Hall–Kier alpha value is -2.76. The Bertz CT molecular complexity index is 849. The Balaban J connectivity index is 1.86. The molecule has 0 radical (unpaired) electrons. The molecule has 1 aliphatic carbocycles. The monoisotopic (exact) mass is 403 g/mol. The van der Waals surface area contributed by atoms with E-state index in [4.69, 9.17) is 4.74 Å². The molecule has 0 aliphatic heterocycles. The summed E-state index contributed by atoms with van der Waals surface area (Å²) in [5, 5.41) is 3.47. The lowest BCUT2D eigenvalue weighted by Gasteiger charge is -2.25. The van der Waals surface area contributed by atoms with Crippen LogP contribution in [0.2, 0.25) is 0 Å². The summed E-state index contributed by atoms with van der Waals surface area (Å²) in [7, 11) is 1.58. The van der Waals surface area contributed by atoms with Crippen molar-refractivity contribution < 1.29 is 22.7 Å². The van der Waals surface area contributed by atoms with E-state index in [2.05, 4.69) is 5.32 Å². The maximum Gasteiger partial charge on any atom is 0.416 e. The zero-order chi connectivity index (χ0) is 20.9. The van der Waals surface area contributed by atoms with Crippen LogP contribution in [0.5, 0.6) is 5.75 Å². The van der Waals surface area contributed by atoms with Crippen LogP contribution in [0.3, 0.4) is 0 Å². The molecule has 0 heterocycles. The second kappa shape index (κ2) is 9.16. The summed E-state index contributed by atoms with van der Waals surface area (Å²) in [6, 6.07) is 11.9. The highest BCUT2D eigenvalue weighted by Gasteiger charge is 2.30. The zero-order valence-corrected chi connectivity index (χ0v) is 16.3. The summed E-state index contributed by atoms with van der Waals surface area (Å²) in [6.45, 7) is 0. The number of nitrogens with one attached hydrogen (secondary N) is 1. The predicted octanol–water partition coefficient (Wildman–Crippen LogP) is 5.86. The quantitative estimate of drug-likeness (QED) is 0.485. The first kappa shape index (κ1) is 21.0. The Kier molecular flexibility index (Phi) is 6.62. The van der Waals surface area contributed by atoms with Gasteiger partial charge in [0, 0.05) is 23.4 Å².